The SMILES string of the molecule is O=C(NCc1ccc(O)c(F)c1)NCC(O)c1ccccc1Cl. The number of amides is 2. The Bertz CT molecular complexity index is 697. The molecule has 2 aromatic rings. The number of aromatic hydroxyl groups is 1. The number of hydrogen-bond acceptors (Lipinski definition) is 3. The van der Waals surface area contributed by atoms with E-state index in [1.165, 1.54) is 12.1 Å². The first-order valence-corrected chi connectivity index (χ1v) is 7.26. The van der Waals surface area contributed by atoms with Gasteiger partial charge in [-0.05, 0) is 23.8 Å². The normalized spacial score (nSPS) is 11.8. The fraction of sp³-hybridized carbons (Fsp3) is 0.188. The Balaban J connectivity index is 1.81. The second kappa shape index (κ2) is 7.80. The van der Waals surface area contributed by atoms with Gasteiger partial charge in [0, 0.05) is 23.7 Å². The van der Waals surface area contributed by atoms with Crippen molar-refractivity contribution >= 4 is 17.6 Å². The quantitative estimate of drug-likeness (QED) is 0.676. The third kappa shape index (κ3) is 4.84. The van der Waals surface area contributed by atoms with Gasteiger partial charge in [-0.2, -0.15) is 0 Å². The van der Waals surface area contributed by atoms with Crippen LogP contribution in [0.1, 0.15) is 17.2 Å². The number of phenols is 1. The summed E-state index contributed by atoms with van der Waals surface area (Å²) >= 11 is 5.96. The van der Waals surface area contributed by atoms with Gasteiger partial charge in [-0.1, -0.05) is 35.9 Å². The molecule has 0 saturated heterocycles. The summed E-state index contributed by atoms with van der Waals surface area (Å²) in [6.45, 7) is 0.0741. The molecule has 0 fully saturated rings. The molecule has 0 aliphatic carbocycles. The van der Waals surface area contributed by atoms with Crippen molar-refractivity contribution < 1.29 is 19.4 Å². The smallest absolute Gasteiger partial charge is 0.315 e. The van der Waals surface area contributed by atoms with Crippen molar-refractivity contribution in [3.63, 3.8) is 0 Å². The Hall–Kier alpha value is -2.31. The van der Waals surface area contributed by atoms with Gasteiger partial charge in [0.25, 0.3) is 0 Å². The van der Waals surface area contributed by atoms with Gasteiger partial charge < -0.3 is 20.8 Å². The number of hydrogen-bond donors (Lipinski definition) is 4. The Morgan fingerprint density at radius 2 is 1.96 bits per heavy atom. The molecule has 2 aromatic carbocycles. The van der Waals surface area contributed by atoms with Crippen LogP contribution in [0.15, 0.2) is 42.5 Å². The van der Waals surface area contributed by atoms with Gasteiger partial charge in [0.05, 0.1) is 6.10 Å². The highest BCUT2D eigenvalue weighted by Crippen LogP contribution is 2.21. The zero-order valence-corrected chi connectivity index (χ0v) is 12.8. The number of aliphatic hydroxyl groups excluding tert-OH is 1. The molecule has 5 nitrogen and oxygen atoms in total. The molecule has 0 aliphatic heterocycles. The van der Waals surface area contributed by atoms with Crippen LogP contribution in [0.5, 0.6) is 5.75 Å². The highest BCUT2D eigenvalue weighted by molar-refractivity contribution is 6.31. The number of nitrogens with one attached hydrogen (secondary N) is 2. The molecule has 0 saturated carbocycles. The molecule has 23 heavy (non-hydrogen) atoms. The number of benzene rings is 2. The first-order valence-electron chi connectivity index (χ1n) is 6.89. The molecule has 4 N–H and O–H groups in total. The van der Waals surface area contributed by atoms with Gasteiger partial charge in [-0.15, -0.1) is 0 Å². The topological polar surface area (TPSA) is 81.6 Å². The van der Waals surface area contributed by atoms with Crippen molar-refractivity contribution in [2.45, 2.75) is 12.6 Å². The predicted octanol–water partition coefficient (Wildman–Crippen LogP) is 2.72. The fourth-order valence-electron chi connectivity index (χ4n) is 1.95. The molecule has 0 aromatic heterocycles. The van der Waals surface area contributed by atoms with E-state index in [0.717, 1.165) is 6.07 Å². The van der Waals surface area contributed by atoms with E-state index in [9.17, 15) is 14.3 Å². The Morgan fingerprint density at radius 1 is 1.22 bits per heavy atom. The molecule has 0 heterocycles. The van der Waals surface area contributed by atoms with Gasteiger partial charge in [0.1, 0.15) is 0 Å². The van der Waals surface area contributed by atoms with Gasteiger partial charge in [0.15, 0.2) is 11.6 Å². The molecular formula is C16H16ClFN2O3. The van der Waals surface area contributed by atoms with Crippen molar-refractivity contribution in [3.8, 4) is 5.75 Å². The molecular weight excluding hydrogens is 323 g/mol. The maximum atomic E-state index is 13.2. The van der Waals surface area contributed by atoms with E-state index in [-0.39, 0.29) is 13.1 Å². The van der Waals surface area contributed by atoms with Gasteiger partial charge in [-0.25, -0.2) is 9.18 Å². The van der Waals surface area contributed by atoms with Crippen molar-refractivity contribution in [1.82, 2.24) is 10.6 Å². The monoisotopic (exact) mass is 338 g/mol. The molecule has 0 radical (unpaired) electrons. The van der Waals surface area contributed by atoms with Crippen LogP contribution in [0.25, 0.3) is 0 Å². The molecule has 1 unspecified atom stereocenters. The first kappa shape index (κ1) is 17.1. The van der Waals surface area contributed by atoms with Gasteiger partial charge >= 0.3 is 6.03 Å². The number of carbonyl (C=O) groups excluding carboxylic acids is 1. The van der Waals surface area contributed by atoms with Crippen LogP contribution in [0, 0.1) is 5.82 Å². The third-order valence-corrected chi connectivity index (χ3v) is 3.53. The number of carbonyl (C=O) groups is 1. The number of urea groups is 1. The number of halogens is 2. The minimum absolute atomic E-state index is 0.0144. The molecule has 0 aliphatic rings. The second-order valence-electron chi connectivity index (χ2n) is 4.89. The van der Waals surface area contributed by atoms with E-state index in [0.29, 0.717) is 16.1 Å². The van der Waals surface area contributed by atoms with Crippen LogP contribution >= 0.6 is 11.6 Å². The van der Waals surface area contributed by atoms with E-state index in [1.54, 1.807) is 24.3 Å². The maximum Gasteiger partial charge on any atom is 0.315 e. The highest BCUT2D eigenvalue weighted by Gasteiger charge is 2.12. The summed E-state index contributed by atoms with van der Waals surface area (Å²) in [7, 11) is 0. The molecule has 2 rings (SSSR count). The molecule has 0 bridgehead atoms. The lowest BCUT2D eigenvalue weighted by atomic mass is 10.1. The van der Waals surface area contributed by atoms with Crippen LogP contribution in [0.4, 0.5) is 9.18 Å². The van der Waals surface area contributed by atoms with E-state index in [1.807, 2.05) is 0 Å². The first-order chi connectivity index (χ1) is 11.0. The van der Waals surface area contributed by atoms with Crippen LogP contribution in [0.3, 0.4) is 0 Å². The lowest BCUT2D eigenvalue weighted by molar-refractivity contribution is 0.173. The standard InChI is InChI=1S/C16H16ClFN2O3/c17-12-4-2-1-3-11(12)15(22)9-20-16(23)19-8-10-5-6-14(21)13(18)7-10/h1-7,15,21-22H,8-9H2,(H2,19,20,23). The molecule has 1 atom stereocenters. The summed E-state index contributed by atoms with van der Waals surface area (Å²) in [5, 5.41) is 24.5. The van der Waals surface area contributed by atoms with E-state index < -0.39 is 23.7 Å². The van der Waals surface area contributed by atoms with Crippen molar-refractivity contribution in [2.75, 3.05) is 6.54 Å². The maximum absolute atomic E-state index is 13.2. The zero-order chi connectivity index (χ0) is 16.8. The molecule has 7 heteroatoms. The number of rotatable bonds is 5. The van der Waals surface area contributed by atoms with E-state index >= 15 is 0 Å². The summed E-state index contributed by atoms with van der Waals surface area (Å²) in [4.78, 5) is 11.7. The second-order valence-corrected chi connectivity index (χ2v) is 5.29. The molecule has 122 valence electrons. The van der Waals surface area contributed by atoms with Crippen molar-refractivity contribution in [2.24, 2.45) is 0 Å². The zero-order valence-electron chi connectivity index (χ0n) is 12.1. The number of phenolic OH excluding ortho intramolecular Hbond substituents is 1. The van der Waals surface area contributed by atoms with Crippen LogP contribution < -0.4 is 10.6 Å². The van der Waals surface area contributed by atoms with Gasteiger partial charge in [-0.3, -0.25) is 0 Å². The summed E-state index contributed by atoms with van der Waals surface area (Å²) in [6, 6.07) is 10.1. The van der Waals surface area contributed by atoms with Crippen molar-refractivity contribution in [3.05, 3.63) is 64.4 Å². The van der Waals surface area contributed by atoms with Crippen LogP contribution in [-0.2, 0) is 6.54 Å². The van der Waals surface area contributed by atoms with Crippen LogP contribution in [0.2, 0.25) is 5.02 Å². The van der Waals surface area contributed by atoms with Crippen molar-refractivity contribution in [1.29, 1.82) is 0 Å². The Labute approximate surface area is 137 Å². The average Bonchev–Trinajstić information content (AvgIpc) is 2.54. The summed E-state index contributed by atoms with van der Waals surface area (Å²) in [5.74, 6) is -1.19. The van der Waals surface area contributed by atoms with Crippen LogP contribution in [-0.4, -0.2) is 22.8 Å². The molecule has 0 spiro atoms. The van der Waals surface area contributed by atoms with E-state index in [4.69, 9.17) is 16.7 Å². The Kier molecular flexibility index (Phi) is 5.78. The minimum Gasteiger partial charge on any atom is -0.505 e. The summed E-state index contributed by atoms with van der Waals surface area (Å²) in [5.41, 5.74) is 1.03. The lowest BCUT2D eigenvalue weighted by Crippen LogP contribution is -2.37. The largest absolute Gasteiger partial charge is 0.505 e. The lowest BCUT2D eigenvalue weighted by Gasteiger charge is -2.14. The molecule has 2 amide bonds. The summed E-state index contributed by atoms with van der Waals surface area (Å²) in [6.07, 6.45) is -0.930. The third-order valence-electron chi connectivity index (χ3n) is 3.19. The Morgan fingerprint density at radius 3 is 2.65 bits per heavy atom. The van der Waals surface area contributed by atoms with Gasteiger partial charge in [0.2, 0.25) is 0 Å². The number of aliphatic hydroxyl groups is 1. The predicted molar refractivity (Wildman–Crippen MR) is 84.7 cm³/mol. The fourth-order valence-corrected chi connectivity index (χ4v) is 2.21. The summed E-state index contributed by atoms with van der Waals surface area (Å²) < 4.78 is 13.2. The average molecular weight is 339 g/mol. The van der Waals surface area contributed by atoms with E-state index in [2.05, 4.69) is 10.6 Å². The highest BCUT2D eigenvalue weighted by atomic mass is 35.5. The minimum atomic E-state index is -0.930.